The van der Waals surface area contributed by atoms with Gasteiger partial charge in [-0.3, -0.25) is 9.59 Å². The molecule has 4 rings (SSSR count). The average Bonchev–Trinajstić information content (AvgIpc) is 3.08. The molecular formula is C23H29ClIN5O2. The van der Waals surface area contributed by atoms with Crippen LogP contribution >= 0.6 is 34.2 Å². The van der Waals surface area contributed by atoms with Gasteiger partial charge >= 0.3 is 0 Å². The van der Waals surface area contributed by atoms with Crippen LogP contribution in [0.4, 0.5) is 0 Å². The van der Waals surface area contributed by atoms with Crippen molar-refractivity contribution >= 4 is 46.0 Å². The lowest BCUT2D eigenvalue weighted by atomic mass is 9.77. The van der Waals surface area contributed by atoms with E-state index >= 15 is 0 Å². The molecule has 0 saturated carbocycles. The van der Waals surface area contributed by atoms with Crippen molar-refractivity contribution in [2.75, 3.05) is 46.3 Å². The fourth-order valence-corrected chi connectivity index (χ4v) is 6.22. The Morgan fingerprint density at radius 1 is 1.28 bits per heavy atom. The highest BCUT2D eigenvalue weighted by molar-refractivity contribution is 14.1. The molecule has 0 unspecified atom stereocenters. The molecule has 0 radical (unpaired) electrons. The van der Waals surface area contributed by atoms with Crippen LogP contribution < -0.4 is 11.1 Å². The number of aromatic nitrogens is 1. The van der Waals surface area contributed by atoms with Gasteiger partial charge in [0.2, 0.25) is 5.91 Å². The maximum absolute atomic E-state index is 12.8. The number of carbonyl (C=O) groups is 2. The number of benzene rings is 1. The highest BCUT2D eigenvalue weighted by atomic mass is 127. The van der Waals surface area contributed by atoms with E-state index in [-0.39, 0.29) is 24.3 Å². The van der Waals surface area contributed by atoms with Gasteiger partial charge in [-0.05, 0) is 53.4 Å². The topological polar surface area (TPSA) is 83.6 Å². The molecule has 3 N–H and O–H groups in total. The summed E-state index contributed by atoms with van der Waals surface area (Å²) in [5.74, 6) is -0.425. The zero-order chi connectivity index (χ0) is 23.0. The van der Waals surface area contributed by atoms with Crippen molar-refractivity contribution in [3.05, 3.63) is 44.7 Å². The highest BCUT2D eigenvalue weighted by Crippen LogP contribution is 2.42. The number of nitrogens with one attached hydrogen (secondary N) is 1. The number of fused-ring (bicyclic) bond motifs is 1. The number of hydrogen-bond acceptors (Lipinski definition) is 4. The zero-order valence-electron chi connectivity index (χ0n) is 18.4. The Hall–Kier alpha value is -1.62. The van der Waals surface area contributed by atoms with Crippen molar-refractivity contribution < 1.29 is 9.59 Å². The average molecular weight is 570 g/mol. The van der Waals surface area contributed by atoms with Crippen molar-refractivity contribution in [3.8, 4) is 11.1 Å². The van der Waals surface area contributed by atoms with Crippen LogP contribution in [0.1, 0.15) is 29.9 Å². The molecule has 172 valence electrons. The number of carbonyl (C=O) groups excluding carboxylic acids is 2. The Labute approximate surface area is 207 Å². The molecular weight excluding hydrogens is 541 g/mol. The number of nitrogens with zero attached hydrogens (tertiary/aromatic N) is 3. The molecule has 1 saturated heterocycles. The first-order valence-corrected chi connectivity index (χ1v) is 12.3. The first kappa shape index (κ1) is 23.5. The molecule has 2 aliphatic heterocycles. The normalized spacial score (nSPS) is 21.6. The highest BCUT2D eigenvalue weighted by Gasteiger charge is 2.43. The molecule has 32 heavy (non-hydrogen) atoms. The lowest BCUT2D eigenvalue weighted by Crippen LogP contribution is -2.54. The van der Waals surface area contributed by atoms with Crippen LogP contribution in [0.25, 0.3) is 11.1 Å². The summed E-state index contributed by atoms with van der Waals surface area (Å²) in [5, 5.41) is 3.70. The first-order valence-electron chi connectivity index (χ1n) is 10.8. The Balaban J connectivity index is 1.75. The smallest absolute Gasteiger partial charge is 0.268 e. The van der Waals surface area contributed by atoms with E-state index in [2.05, 4.69) is 56.2 Å². The van der Waals surface area contributed by atoms with Gasteiger partial charge in [0.05, 0.1) is 9.74 Å². The minimum atomic E-state index is -0.436. The molecule has 9 heteroatoms. The van der Waals surface area contributed by atoms with Crippen LogP contribution in [0.15, 0.2) is 30.3 Å². The Bertz CT molecular complexity index is 1030. The van der Waals surface area contributed by atoms with Gasteiger partial charge in [-0.15, -0.1) is 0 Å². The van der Waals surface area contributed by atoms with Gasteiger partial charge in [-0.1, -0.05) is 30.7 Å². The van der Waals surface area contributed by atoms with Gasteiger partial charge in [-0.2, -0.15) is 0 Å². The second-order valence-corrected chi connectivity index (χ2v) is 10.7. The molecule has 3 heterocycles. The summed E-state index contributed by atoms with van der Waals surface area (Å²) in [6.45, 7) is 7.23. The molecule has 0 spiro atoms. The minimum absolute atomic E-state index is 0.0952. The summed E-state index contributed by atoms with van der Waals surface area (Å²) >= 11 is 8.54. The van der Waals surface area contributed by atoms with Crippen molar-refractivity contribution in [1.29, 1.82) is 0 Å². The molecule has 1 aromatic heterocycles. The van der Waals surface area contributed by atoms with Crippen molar-refractivity contribution in [1.82, 2.24) is 19.7 Å². The zero-order valence-corrected chi connectivity index (χ0v) is 21.3. The van der Waals surface area contributed by atoms with Crippen molar-refractivity contribution in [2.45, 2.75) is 19.4 Å². The Kier molecular flexibility index (Phi) is 6.86. The van der Waals surface area contributed by atoms with Gasteiger partial charge in [0.25, 0.3) is 5.91 Å². The fraction of sp³-hybridized carbons (Fsp3) is 0.478. The lowest BCUT2D eigenvalue weighted by Gasteiger charge is -2.45. The predicted molar refractivity (Wildman–Crippen MR) is 135 cm³/mol. The van der Waals surface area contributed by atoms with E-state index in [1.165, 1.54) is 0 Å². The van der Waals surface area contributed by atoms with Gasteiger partial charge in [0.1, 0.15) is 5.69 Å². The maximum Gasteiger partial charge on any atom is 0.268 e. The van der Waals surface area contributed by atoms with E-state index in [0.717, 1.165) is 47.6 Å². The Morgan fingerprint density at radius 3 is 2.66 bits per heavy atom. The van der Waals surface area contributed by atoms with Gasteiger partial charge in [0, 0.05) is 61.7 Å². The fourth-order valence-electron chi connectivity index (χ4n) is 4.96. The monoisotopic (exact) mass is 569 g/mol. The lowest BCUT2D eigenvalue weighted by molar-refractivity contribution is -0.121. The van der Waals surface area contributed by atoms with Gasteiger partial charge in [0.15, 0.2) is 0 Å². The third-order valence-corrected chi connectivity index (χ3v) is 8.01. The number of piperazine rings is 1. The van der Waals surface area contributed by atoms with E-state index in [1.807, 2.05) is 30.3 Å². The summed E-state index contributed by atoms with van der Waals surface area (Å²) in [6.07, 6.45) is 0.250. The van der Waals surface area contributed by atoms with Gasteiger partial charge in [-0.25, -0.2) is 0 Å². The molecule has 2 aliphatic rings. The van der Waals surface area contributed by atoms with Crippen LogP contribution in [0.3, 0.4) is 0 Å². The summed E-state index contributed by atoms with van der Waals surface area (Å²) in [5.41, 5.74) is 7.83. The number of halogens is 2. The van der Waals surface area contributed by atoms with Crippen LogP contribution in [-0.2, 0) is 4.79 Å². The summed E-state index contributed by atoms with van der Waals surface area (Å²) in [7, 11) is 2.13. The van der Waals surface area contributed by atoms with E-state index < -0.39 is 5.41 Å². The predicted octanol–water partition coefficient (Wildman–Crippen LogP) is 2.83. The maximum atomic E-state index is 12.8. The number of rotatable bonds is 6. The van der Waals surface area contributed by atoms with Crippen LogP contribution in [0.2, 0.25) is 5.02 Å². The quantitative estimate of drug-likeness (QED) is 0.524. The van der Waals surface area contributed by atoms with Crippen LogP contribution in [0, 0.1) is 9.12 Å². The molecule has 2 amide bonds. The van der Waals surface area contributed by atoms with Gasteiger partial charge < -0.3 is 25.4 Å². The summed E-state index contributed by atoms with van der Waals surface area (Å²) in [6, 6.07) is 9.48. The summed E-state index contributed by atoms with van der Waals surface area (Å²) in [4.78, 5) is 29.7. The number of hydrogen-bond donors (Lipinski definition) is 2. The molecule has 1 fully saturated rings. The van der Waals surface area contributed by atoms with Crippen molar-refractivity contribution in [2.24, 2.45) is 11.1 Å². The van der Waals surface area contributed by atoms with Crippen molar-refractivity contribution in [3.63, 3.8) is 0 Å². The molecule has 2 atom stereocenters. The molecule has 0 bridgehead atoms. The standard InChI is InChI=1S/C23H29ClIN5O2/c1-23(12-20(26)31,14-29-8-6-28(2)7-9-29)19-13-27-22(32)18-11-17(21(25)30(18)19)15-4-3-5-16(24)10-15/h3-5,10-11,19H,6-9,12-14H2,1-2H3,(H2,26,31)(H,27,32)/t19-,23-/m0/s1. The van der Waals surface area contributed by atoms with Crippen LogP contribution in [-0.4, -0.2) is 72.5 Å². The second kappa shape index (κ2) is 9.32. The number of nitrogens with two attached hydrogens (primary N) is 1. The van der Waals surface area contributed by atoms with E-state index in [1.54, 1.807) is 0 Å². The van der Waals surface area contributed by atoms with E-state index in [0.29, 0.717) is 17.3 Å². The first-order chi connectivity index (χ1) is 15.2. The number of primary amides is 1. The molecule has 0 aliphatic carbocycles. The number of amides is 2. The number of likely N-dealkylation sites (N-methyl/N-ethyl adjacent to an activating group) is 1. The second-order valence-electron chi connectivity index (χ2n) is 9.22. The minimum Gasteiger partial charge on any atom is -0.370 e. The summed E-state index contributed by atoms with van der Waals surface area (Å²) < 4.78 is 3.07. The van der Waals surface area contributed by atoms with E-state index in [9.17, 15) is 9.59 Å². The molecule has 1 aromatic carbocycles. The SMILES string of the molecule is CN1CCN(C[C@](C)(CC(N)=O)[C@@H]2CNC(=O)c3cc(-c4cccc(Cl)c4)c(I)n32)CC1. The Morgan fingerprint density at radius 2 is 2.00 bits per heavy atom. The largest absolute Gasteiger partial charge is 0.370 e. The third kappa shape index (κ3) is 4.69. The third-order valence-electron chi connectivity index (χ3n) is 6.67. The van der Waals surface area contributed by atoms with E-state index in [4.69, 9.17) is 17.3 Å². The van der Waals surface area contributed by atoms with Crippen LogP contribution in [0.5, 0.6) is 0 Å². The molecule has 2 aromatic rings. The molecule has 7 nitrogen and oxygen atoms in total.